The molecule has 0 aliphatic carbocycles. The van der Waals surface area contributed by atoms with Crippen molar-refractivity contribution in [2.45, 2.75) is 12.6 Å². The van der Waals surface area contributed by atoms with E-state index < -0.39 is 6.04 Å². The number of carbonyl (C=O) groups is 1. The summed E-state index contributed by atoms with van der Waals surface area (Å²) in [5.41, 5.74) is 7.67. The van der Waals surface area contributed by atoms with E-state index in [1.807, 2.05) is 30.3 Å². The predicted molar refractivity (Wildman–Crippen MR) is 79.1 cm³/mol. The van der Waals surface area contributed by atoms with Gasteiger partial charge in [0.05, 0.1) is 12.8 Å². The number of rotatable bonds is 6. The van der Waals surface area contributed by atoms with Gasteiger partial charge in [-0.25, -0.2) is 0 Å². The molecule has 0 aliphatic heterocycles. The van der Waals surface area contributed by atoms with Crippen molar-refractivity contribution < 1.29 is 9.90 Å². The number of hydrogen-bond acceptors (Lipinski definition) is 4. The number of aliphatic hydroxyl groups is 1. The molecule has 2 rings (SSSR count). The minimum atomic E-state index is -0.769. The molecule has 0 radical (unpaired) electrons. The zero-order chi connectivity index (χ0) is 15.2. The minimum Gasteiger partial charge on any atom is -0.395 e. The summed E-state index contributed by atoms with van der Waals surface area (Å²) in [6, 6.07) is 8.86. The molecule has 0 bridgehead atoms. The van der Waals surface area contributed by atoms with E-state index in [0.717, 1.165) is 5.56 Å². The Balaban J connectivity index is 2.11. The van der Waals surface area contributed by atoms with Gasteiger partial charge in [-0.1, -0.05) is 30.3 Å². The van der Waals surface area contributed by atoms with Crippen molar-refractivity contribution in [1.29, 1.82) is 0 Å². The van der Waals surface area contributed by atoms with Crippen molar-refractivity contribution in [1.82, 2.24) is 14.7 Å². The molecule has 1 aromatic carbocycles. The number of aromatic nitrogens is 2. The molecule has 0 spiro atoms. The molecule has 1 unspecified atom stereocenters. The van der Waals surface area contributed by atoms with E-state index >= 15 is 0 Å². The lowest BCUT2D eigenvalue weighted by molar-refractivity contribution is -0.133. The first kappa shape index (κ1) is 15.2. The van der Waals surface area contributed by atoms with Crippen LogP contribution in [0.5, 0.6) is 0 Å². The highest BCUT2D eigenvalue weighted by Gasteiger charge is 2.23. The Labute approximate surface area is 123 Å². The van der Waals surface area contributed by atoms with E-state index in [1.54, 1.807) is 29.0 Å². The maximum Gasteiger partial charge on any atom is 0.244 e. The molecule has 0 saturated carbocycles. The fourth-order valence-electron chi connectivity index (χ4n) is 2.13. The fourth-order valence-corrected chi connectivity index (χ4v) is 2.13. The molecule has 1 amide bonds. The van der Waals surface area contributed by atoms with Crippen LogP contribution >= 0.6 is 0 Å². The van der Waals surface area contributed by atoms with Crippen LogP contribution in [-0.4, -0.2) is 38.8 Å². The molecule has 21 heavy (non-hydrogen) atoms. The van der Waals surface area contributed by atoms with Crippen molar-refractivity contribution in [3.8, 4) is 0 Å². The molecule has 1 heterocycles. The van der Waals surface area contributed by atoms with E-state index in [-0.39, 0.29) is 19.1 Å². The lowest BCUT2D eigenvalue weighted by Crippen LogP contribution is -2.39. The Morgan fingerprint density at radius 2 is 2.14 bits per heavy atom. The van der Waals surface area contributed by atoms with Crippen LogP contribution in [0, 0.1) is 0 Å². The van der Waals surface area contributed by atoms with Crippen molar-refractivity contribution >= 4 is 5.91 Å². The van der Waals surface area contributed by atoms with Gasteiger partial charge in [0.1, 0.15) is 6.04 Å². The van der Waals surface area contributed by atoms with Crippen molar-refractivity contribution in [2.24, 2.45) is 12.8 Å². The van der Waals surface area contributed by atoms with Crippen molar-refractivity contribution in [3.63, 3.8) is 0 Å². The van der Waals surface area contributed by atoms with Gasteiger partial charge in [-0.15, -0.1) is 0 Å². The maximum atomic E-state index is 12.5. The molecule has 0 saturated heterocycles. The Hall–Kier alpha value is -2.18. The summed E-state index contributed by atoms with van der Waals surface area (Å²) in [5, 5.41) is 13.2. The largest absolute Gasteiger partial charge is 0.395 e. The third-order valence-corrected chi connectivity index (χ3v) is 3.25. The normalized spacial score (nSPS) is 12.1. The highest BCUT2D eigenvalue weighted by atomic mass is 16.3. The van der Waals surface area contributed by atoms with E-state index in [1.165, 1.54) is 0 Å². The number of nitrogens with zero attached hydrogens (tertiary/aromatic N) is 3. The summed E-state index contributed by atoms with van der Waals surface area (Å²) in [5.74, 6) is -0.221. The summed E-state index contributed by atoms with van der Waals surface area (Å²) in [6.45, 7) is 0.578. The van der Waals surface area contributed by atoms with Gasteiger partial charge in [-0.05, 0) is 5.56 Å². The first-order valence-electron chi connectivity index (χ1n) is 6.79. The van der Waals surface area contributed by atoms with Gasteiger partial charge in [-0.3, -0.25) is 9.48 Å². The number of benzene rings is 1. The van der Waals surface area contributed by atoms with Crippen LogP contribution in [0.2, 0.25) is 0 Å². The summed E-state index contributed by atoms with van der Waals surface area (Å²) in [6.07, 6.45) is 3.31. The Morgan fingerprint density at radius 3 is 2.71 bits per heavy atom. The van der Waals surface area contributed by atoms with Gasteiger partial charge < -0.3 is 15.7 Å². The van der Waals surface area contributed by atoms with E-state index in [4.69, 9.17) is 10.8 Å². The molecular formula is C15H20N4O2. The standard InChI is InChI=1S/C15H20N4O2/c1-18-11-13(9-17-18)14(16)15(21)19(7-8-20)10-12-5-3-2-4-6-12/h2-6,9,11,14,20H,7-8,10,16H2,1H3. The van der Waals surface area contributed by atoms with Crippen LogP contribution in [-0.2, 0) is 18.4 Å². The van der Waals surface area contributed by atoms with Crippen LogP contribution in [0.25, 0.3) is 0 Å². The van der Waals surface area contributed by atoms with Crippen LogP contribution in [0.15, 0.2) is 42.7 Å². The Morgan fingerprint density at radius 1 is 1.43 bits per heavy atom. The van der Waals surface area contributed by atoms with Gasteiger partial charge in [0, 0.05) is 31.9 Å². The second kappa shape index (κ2) is 7.01. The number of hydrogen-bond donors (Lipinski definition) is 2. The summed E-state index contributed by atoms with van der Waals surface area (Å²) >= 11 is 0. The molecule has 0 aliphatic rings. The van der Waals surface area contributed by atoms with Crippen molar-refractivity contribution in [2.75, 3.05) is 13.2 Å². The lowest BCUT2D eigenvalue weighted by atomic mass is 10.1. The lowest BCUT2D eigenvalue weighted by Gasteiger charge is -2.24. The van der Waals surface area contributed by atoms with Crippen LogP contribution < -0.4 is 5.73 Å². The zero-order valence-electron chi connectivity index (χ0n) is 12.0. The third-order valence-electron chi connectivity index (χ3n) is 3.25. The summed E-state index contributed by atoms with van der Waals surface area (Å²) in [4.78, 5) is 14.1. The Bertz CT molecular complexity index is 582. The number of amides is 1. The molecule has 6 nitrogen and oxygen atoms in total. The summed E-state index contributed by atoms with van der Waals surface area (Å²) < 4.78 is 1.61. The zero-order valence-corrected chi connectivity index (χ0v) is 12.0. The fraction of sp³-hybridized carbons (Fsp3) is 0.333. The third kappa shape index (κ3) is 3.90. The van der Waals surface area contributed by atoms with Crippen molar-refractivity contribution in [3.05, 3.63) is 53.9 Å². The molecule has 112 valence electrons. The van der Waals surface area contributed by atoms with Crippen LogP contribution in [0.4, 0.5) is 0 Å². The first-order valence-corrected chi connectivity index (χ1v) is 6.79. The van der Waals surface area contributed by atoms with Gasteiger partial charge in [0.2, 0.25) is 5.91 Å². The Kier molecular flexibility index (Phi) is 5.08. The van der Waals surface area contributed by atoms with Crippen LogP contribution in [0.1, 0.15) is 17.2 Å². The quantitative estimate of drug-likeness (QED) is 0.808. The van der Waals surface area contributed by atoms with Gasteiger partial charge in [-0.2, -0.15) is 5.10 Å². The number of carbonyl (C=O) groups excluding carboxylic acids is 1. The second-order valence-electron chi connectivity index (χ2n) is 4.89. The predicted octanol–water partition coefficient (Wildman–Crippen LogP) is 0.441. The maximum absolute atomic E-state index is 12.5. The molecular weight excluding hydrogens is 268 g/mol. The smallest absolute Gasteiger partial charge is 0.244 e. The SMILES string of the molecule is Cn1cc(C(N)C(=O)N(CCO)Cc2ccccc2)cn1. The topological polar surface area (TPSA) is 84.4 Å². The first-order chi connectivity index (χ1) is 10.1. The minimum absolute atomic E-state index is 0.0989. The molecule has 2 aromatic rings. The highest BCUT2D eigenvalue weighted by molar-refractivity contribution is 5.83. The van der Waals surface area contributed by atoms with Gasteiger partial charge >= 0.3 is 0 Å². The molecule has 3 N–H and O–H groups in total. The van der Waals surface area contributed by atoms with Gasteiger partial charge in [0.15, 0.2) is 0 Å². The van der Waals surface area contributed by atoms with Crippen LogP contribution in [0.3, 0.4) is 0 Å². The number of nitrogens with two attached hydrogens (primary N) is 1. The average Bonchev–Trinajstić information content (AvgIpc) is 2.93. The summed E-state index contributed by atoms with van der Waals surface area (Å²) in [7, 11) is 1.77. The average molecular weight is 288 g/mol. The monoisotopic (exact) mass is 288 g/mol. The molecule has 6 heteroatoms. The number of aryl methyl sites for hydroxylation is 1. The highest BCUT2D eigenvalue weighted by Crippen LogP contribution is 2.14. The van der Waals surface area contributed by atoms with E-state index in [0.29, 0.717) is 12.1 Å². The second-order valence-corrected chi connectivity index (χ2v) is 4.89. The molecule has 0 fully saturated rings. The van der Waals surface area contributed by atoms with Gasteiger partial charge in [0.25, 0.3) is 0 Å². The number of aliphatic hydroxyl groups excluding tert-OH is 1. The molecule has 1 atom stereocenters. The van der Waals surface area contributed by atoms with E-state index in [2.05, 4.69) is 5.10 Å². The van der Waals surface area contributed by atoms with E-state index in [9.17, 15) is 4.79 Å². The molecule has 1 aromatic heterocycles.